The lowest BCUT2D eigenvalue weighted by atomic mass is 10.00. The van der Waals surface area contributed by atoms with E-state index in [1.807, 2.05) is 0 Å². The van der Waals surface area contributed by atoms with Crippen LogP contribution in [0.25, 0.3) is 0 Å². The van der Waals surface area contributed by atoms with Crippen molar-refractivity contribution in [2.75, 3.05) is 32.8 Å². The van der Waals surface area contributed by atoms with E-state index >= 15 is 0 Å². The van der Waals surface area contributed by atoms with Crippen molar-refractivity contribution in [2.24, 2.45) is 0 Å². The van der Waals surface area contributed by atoms with E-state index in [2.05, 4.69) is 34.2 Å². The zero-order valence-corrected chi connectivity index (χ0v) is 12.3. The molecular formula is C14H24N4O2. The molecule has 0 aliphatic carbocycles. The van der Waals surface area contributed by atoms with Crippen molar-refractivity contribution >= 4 is 0 Å². The average molecular weight is 280 g/mol. The second-order valence-corrected chi connectivity index (χ2v) is 5.98. The molecule has 2 saturated heterocycles. The maximum Gasteiger partial charge on any atom is 0.231 e. The minimum Gasteiger partial charge on any atom is -0.367 e. The molecule has 1 aromatic rings. The highest BCUT2D eigenvalue weighted by atomic mass is 16.5. The summed E-state index contributed by atoms with van der Waals surface area (Å²) in [5, 5.41) is 7.52. The van der Waals surface area contributed by atoms with Crippen LogP contribution in [0.15, 0.2) is 4.52 Å². The Hall–Kier alpha value is -0.980. The van der Waals surface area contributed by atoms with Gasteiger partial charge in [0.05, 0.1) is 12.5 Å². The molecule has 1 N–H and O–H groups in total. The van der Waals surface area contributed by atoms with Crippen LogP contribution in [0.2, 0.25) is 0 Å². The Morgan fingerprint density at radius 3 is 3.05 bits per heavy atom. The first kappa shape index (κ1) is 14.0. The summed E-state index contributed by atoms with van der Waals surface area (Å²) in [5.74, 6) is 1.82. The molecule has 3 rings (SSSR count). The van der Waals surface area contributed by atoms with Crippen molar-refractivity contribution in [2.45, 2.75) is 44.8 Å². The Morgan fingerprint density at radius 1 is 1.40 bits per heavy atom. The van der Waals surface area contributed by atoms with Crippen LogP contribution in [0.1, 0.15) is 50.4 Å². The van der Waals surface area contributed by atoms with Crippen LogP contribution >= 0.6 is 0 Å². The first-order chi connectivity index (χ1) is 9.74. The van der Waals surface area contributed by atoms with Gasteiger partial charge in [0.25, 0.3) is 0 Å². The minimum absolute atomic E-state index is 0.0554. The topological polar surface area (TPSA) is 63.4 Å². The quantitative estimate of drug-likeness (QED) is 0.901. The smallest absolute Gasteiger partial charge is 0.231 e. The summed E-state index contributed by atoms with van der Waals surface area (Å²) in [5.41, 5.74) is 0. The molecule has 112 valence electrons. The van der Waals surface area contributed by atoms with E-state index in [-0.39, 0.29) is 6.10 Å². The maximum atomic E-state index is 5.80. The average Bonchev–Trinajstić information content (AvgIpc) is 2.98. The third-order valence-corrected chi connectivity index (χ3v) is 4.22. The lowest BCUT2D eigenvalue weighted by Gasteiger charge is -2.34. The molecule has 0 bridgehead atoms. The maximum absolute atomic E-state index is 5.80. The van der Waals surface area contributed by atoms with E-state index in [0.717, 1.165) is 45.1 Å². The van der Waals surface area contributed by atoms with Gasteiger partial charge in [-0.2, -0.15) is 4.98 Å². The van der Waals surface area contributed by atoms with E-state index in [4.69, 9.17) is 9.26 Å². The van der Waals surface area contributed by atoms with Gasteiger partial charge in [0.2, 0.25) is 11.7 Å². The molecular weight excluding hydrogens is 256 g/mol. The van der Waals surface area contributed by atoms with Gasteiger partial charge < -0.3 is 14.6 Å². The molecule has 2 atom stereocenters. The number of hydrogen-bond acceptors (Lipinski definition) is 6. The summed E-state index contributed by atoms with van der Waals surface area (Å²) < 4.78 is 11.3. The summed E-state index contributed by atoms with van der Waals surface area (Å²) in [6, 6.07) is 0.523. The summed E-state index contributed by atoms with van der Waals surface area (Å²) in [6.07, 6.45) is 2.24. The number of rotatable bonds is 3. The first-order valence-electron chi connectivity index (χ1n) is 7.64. The van der Waals surface area contributed by atoms with Gasteiger partial charge >= 0.3 is 0 Å². The van der Waals surface area contributed by atoms with Gasteiger partial charge in [-0.1, -0.05) is 5.16 Å². The number of aromatic nitrogens is 2. The highest BCUT2D eigenvalue weighted by Gasteiger charge is 2.29. The largest absolute Gasteiger partial charge is 0.367 e. The molecule has 2 aliphatic rings. The summed E-state index contributed by atoms with van der Waals surface area (Å²) >= 11 is 0. The lowest BCUT2D eigenvalue weighted by Crippen LogP contribution is -2.42. The number of piperidine rings is 1. The van der Waals surface area contributed by atoms with Crippen LogP contribution in [-0.2, 0) is 4.74 Å². The summed E-state index contributed by atoms with van der Waals surface area (Å²) in [4.78, 5) is 6.98. The van der Waals surface area contributed by atoms with Gasteiger partial charge in [-0.15, -0.1) is 0 Å². The molecule has 6 heteroatoms. The fourth-order valence-corrected chi connectivity index (χ4v) is 2.90. The molecule has 1 aromatic heterocycles. The van der Waals surface area contributed by atoms with Gasteiger partial charge in [0.15, 0.2) is 0 Å². The Balaban J connectivity index is 1.66. The van der Waals surface area contributed by atoms with Crippen LogP contribution < -0.4 is 5.32 Å². The highest BCUT2D eigenvalue weighted by molar-refractivity contribution is 5.00. The number of nitrogens with zero attached hydrogens (tertiary/aromatic N) is 3. The van der Waals surface area contributed by atoms with Crippen LogP contribution in [0.3, 0.4) is 0 Å². The molecule has 0 aromatic carbocycles. The Morgan fingerprint density at radius 2 is 2.30 bits per heavy atom. The van der Waals surface area contributed by atoms with E-state index in [9.17, 15) is 0 Å². The lowest BCUT2D eigenvalue weighted by molar-refractivity contribution is -0.0450. The monoisotopic (exact) mass is 280 g/mol. The molecule has 0 radical (unpaired) electrons. The molecule has 2 aliphatic heterocycles. The molecule has 0 spiro atoms. The third-order valence-electron chi connectivity index (χ3n) is 4.22. The van der Waals surface area contributed by atoms with Gasteiger partial charge in [-0.25, -0.2) is 0 Å². The Bertz CT molecular complexity index is 429. The Kier molecular flexibility index (Phi) is 4.33. The summed E-state index contributed by atoms with van der Waals surface area (Å²) in [7, 11) is 0. The Labute approximate surface area is 119 Å². The number of morpholine rings is 1. The second kappa shape index (κ2) is 6.20. The molecule has 0 saturated carbocycles. The minimum atomic E-state index is -0.0554. The van der Waals surface area contributed by atoms with Crippen molar-refractivity contribution < 1.29 is 9.26 Å². The predicted molar refractivity (Wildman–Crippen MR) is 74.5 cm³/mol. The van der Waals surface area contributed by atoms with Crippen molar-refractivity contribution in [1.29, 1.82) is 0 Å². The van der Waals surface area contributed by atoms with Crippen LogP contribution in [0.4, 0.5) is 0 Å². The third kappa shape index (κ3) is 3.02. The molecule has 1 unspecified atom stereocenters. The van der Waals surface area contributed by atoms with Crippen LogP contribution in [0, 0.1) is 0 Å². The molecule has 0 amide bonds. The predicted octanol–water partition coefficient (Wildman–Crippen LogP) is 1.32. The van der Waals surface area contributed by atoms with Crippen molar-refractivity contribution in [3.63, 3.8) is 0 Å². The van der Waals surface area contributed by atoms with Gasteiger partial charge in [0, 0.05) is 25.7 Å². The number of ether oxygens (including phenoxy) is 1. The number of nitrogens with one attached hydrogen (secondary N) is 1. The molecule has 20 heavy (non-hydrogen) atoms. The van der Waals surface area contributed by atoms with Crippen molar-refractivity contribution in [3.05, 3.63) is 11.7 Å². The summed E-state index contributed by atoms with van der Waals surface area (Å²) in [6.45, 7) is 9.00. The number of hydrogen-bond donors (Lipinski definition) is 1. The normalized spacial score (nSPS) is 28.9. The fourth-order valence-electron chi connectivity index (χ4n) is 2.90. The molecule has 6 nitrogen and oxygen atoms in total. The van der Waals surface area contributed by atoms with E-state index < -0.39 is 0 Å². The van der Waals surface area contributed by atoms with Crippen molar-refractivity contribution in [3.8, 4) is 0 Å². The van der Waals surface area contributed by atoms with E-state index in [1.54, 1.807) is 0 Å². The van der Waals surface area contributed by atoms with Gasteiger partial charge in [-0.05, 0) is 33.2 Å². The SMILES string of the molecule is CC(C)N1CCOC(c2noc([C@@H]3CCCNC3)n2)C1. The standard InChI is InChI=1S/C14H24N4O2/c1-10(2)18-6-7-19-12(9-18)13-16-14(20-17-13)11-4-3-5-15-8-11/h10-12,15H,3-9H2,1-2H3/t11-,12?/m1/s1. The first-order valence-corrected chi connectivity index (χ1v) is 7.64. The van der Waals surface area contributed by atoms with Gasteiger partial charge in [-0.3, -0.25) is 4.90 Å². The zero-order chi connectivity index (χ0) is 13.9. The van der Waals surface area contributed by atoms with E-state index in [0.29, 0.717) is 17.8 Å². The van der Waals surface area contributed by atoms with Gasteiger partial charge in [0.1, 0.15) is 6.10 Å². The zero-order valence-electron chi connectivity index (χ0n) is 12.3. The van der Waals surface area contributed by atoms with Crippen molar-refractivity contribution in [1.82, 2.24) is 20.4 Å². The van der Waals surface area contributed by atoms with E-state index in [1.165, 1.54) is 6.42 Å². The fraction of sp³-hybridized carbons (Fsp3) is 0.857. The highest BCUT2D eigenvalue weighted by Crippen LogP contribution is 2.25. The van der Waals surface area contributed by atoms with Crippen LogP contribution in [0.5, 0.6) is 0 Å². The van der Waals surface area contributed by atoms with Crippen LogP contribution in [-0.4, -0.2) is 53.9 Å². The second-order valence-electron chi connectivity index (χ2n) is 5.98. The molecule has 3 heterocycles. The molecule has 2 fully saturated rings.